The summed E-state index contributed by atoms with van der Waals surface area (Å²) in [4.78, 5) is 19.4. The van der Waals surface area contributed by atoms with Gasteiger partial charge in [0.15, 0.2) is 0 Å². The molecule has 3 aromatic carbocycles. The van der Waals surface area contributed by atoms with E-state index in [0.29, 0.717) is 0 Å². The van der Waals surface area contributed by atoms with E-state index in [9.17, 15) is 0 Å². The summed E-state index contributed by atoms with van der Waals surface area (Å²) in [6, 6.07) is 35.1. The molecule has 4 nitrogen and oxygen atoms in total. The van der Waals surface area contributed by atoms with E-state index in [1.807, 2.05) is 42.6 Å². The van der Waals surface area contributed by atoms with Gasteiger partial charge < -0.3 is 0 Å². The molecule has 0 radical (unpaired) electrons. The Balaban J connectivity index is 1.35. The van der Waals surface area contributed by atoms with Crippen LogP contribution in [0.25, 0.3) is 66.3 Å². The molecule has 0 atom stereocenters. The first-order valence-corrected chi connectivity index (χ1v) is 11.2. The Bertz CT molecular complexity index is 1870. The van der Waals surface area contributed by atoms with Crippen molar-refractivity contribution in [1.29, 1.82) is 0 Å². The molecule has 0 N–H and O–H groups in total. The lowest BCUT2D eigenvalue weighted by molar-refractivity contribution is 1.25. The fourth-order valence-electron chi connectivity index (χ4n) is 4.54. The number of nitrogens with zero attached hydrogens (tertiary/aromatic N) is 4. The van der Waals surface area contributed by atoms with Crippen LogP contribution >= 0.6 is 0 Å². The quantitative estimate of drug-likeness (QED) is 0.213. The number of aromatic nitrogens is 4. The molecule has 0 fully saturated rings. The molecule has 0 aliphatic rings. The lowest BCUT2D eigenvalue weighted by Gasteiger charge is -2.08. The van der Waals surface area contributed by atoms with Gasteiger partial charge in [0, 0.05) is 22.4 Å². The largest absolute Gasteiger partial charge is 0.254 e. The Morgan fingerprint density at radius 3 is 1.82 bits per heavy atom. The maximum atomic E-state index is 4.95. The number of benzene rings is 3. The van der Waals surface area contributed by atoms with Gasteiger partial charge in [-0.1, -0.05) is 60.7 Å². The predicted octanol–water partition coefficient (Wildman–Crippen LogP) is 7.21. The fraction of sp³-hybridized carbons (Fsp3) is 0. The highest BCUT2D eigenvalue weighted by Crippen LogP contribution is 2.28. The standard InChI is InChI=1S/C30H18N4/c1-2-6-22-18-28-23(17-21(22)5-1)13-15-26(33-28)24-8-3-9-25(32-24)27-14-12-20-11-10-19-7-4-16-31-29(19)30(20)34-27/h1-18H. The number of rotatable bonds is 2. The van der Waals surface area contributed by atoms with Crippen molar-refractivity contribution in [2.75, 3.05) is 0 Å². The maximum Gasteiger partial charge on any atom is 0.0972 e. The molecule has 0 aliphatic carbocycles. The van der Waals surface area contributed by atoms with E-state index < -0.39 is 0 Å². The predicted molar refractivity (Wildman–Crippen MR) is 139 cm³/mol. The highest BCUT2D eigenvalue weighted by molar-refractivity contribution is 6.03. The van der Waals surface area contributed by atoms with E-state index >= 15 is 0 Å². The van der Waals surface area contributed by atoms with Crippen LogP contribution < -0.4 is 0 Å². The zero-order valence-electron chi connectivity index (χ0n) is 18.2. The monoisotopic (exact) mass is 434 g/mol. The van der Waals surface area contributed by atoms with Gasteiger partial charge in [-0.15, -0.1) is 0 Å². The van der Waals surface area contributed by atoms with Crippen molar-refractivity contribution in [2.24, 2.45) is 0 Å². The van der Waals surface area contributed by atoms with Gasteiger partial charge in [-0.3, -0.25) is 4.98 Å². The summed E-state index contributed by atoms with van der Waals surface area (Å²) in [5.41, 5.74) is 6.06. The van der Waals surface area contributed by atoms with Gasteiger partial charge in [-0.05, 0) is 53.2 Å². The minimum Gasteiger partial charge on any atom is -0.254 e. The molecule has 0 amide bonds. The Labute approximate surface area is 195 Å². The number of fused-ring (bicyclic) bond motifs is 5. The first kappa shape index (κ1) is 18.8. The van der Waals surface area contributed by atoms with Crippen LogP contribution in [0.4, 0.5) is 0 Å². The average molecular weight is 435 g/mol. The Kier molecular flexibility index (Phi) is 4.11. The fourth-order valence-corrected chi connectivity index (χ4v) is 4.54. The third-order valence-electron chi connectivity index (χ3n) is 6.26. The zero-order valence-corrected chi connectivity index (χ0v) is 18.2. The SMILES string of the molecule is c1cc(-c2ccc3cc4ccccc4cc3n2)nc(-c2ccc3ccc4cccnc4c3n2)c1. The number of hydrogen-bond donors (Lipinski definition) is 0. The third kappa shape index (κ3) is 3.08. The molecule has 0 spiro atoms. The van der Waals surface area contributed by atoms with Gasteiger partial charge in [-0.25, -0.2) is 15.0 Å². The number of hydrogen-bond acceptors (Lipinski definition) is 4. The third-order valence-corrected chi connectivity index (χ3v) is 6.26. The van der Waals surface area contributed by atoms with E-state index in [1.165, 1.54) is 10.8 Å². The summed E-state index contributed by atoms with van der Waals surface area (Å²) >= 11 is 0. The summed E-state index contributed by atoms with van der Waals surface area (Å²) in [6.07, 6.45) is 1.81. The molecule has 0 saturated heterocycles. The van der Waals surface area contributed by atoms with Gasteiger partial charge >= 0.3 is 0 Å². The van der Waals surface area contributed by atoms with Crippen LogP contribution in [-0.2, 0) is 0 Å². The van der Waals surface area contributed by atoms with E-state index in [2.05, 4.69) is 71.7 Å². The molecule has 0 unspecified atom stereocenters. The summed E-state index contributed by atoms with van der Waals surface area (Å²) in [7, 11) is 0. The normalized spacial score (nSPS) is 11.5. The van der Waals surface area contributed by atoms with Gasteiger partial charge in [0.1, 0.15) is 0 Å². The Morgan fingerprint density at radius 1 is 0.382 bits per heavy atom. The van der Waals surface area contributed by atoms with Crippen molar-refractivity contribution in [3.8, 4) is 22.8 Å². The smallest absolute Gasteiger partial charge is 0.0972 e. The highest BCUT2D eigenvalue weighted by atomic mass is 14.8. The molecule has 4 heteroatoms. The maximum absolute atomic E-state index is 4.95. The second-order valence-electron chi connectivity index (χ2n) is 8.41. The minimum absolute atomic E-state index is 0.813. The van der Waals surface area contributed by atoms with Gasteiger partial charge in [0.05, 0.1) is 39.3 Å². The zero-order chi connectivity index (χ0) is 22.5. The first-order chi connectivity index (χ1) is 16.8. The molecule has 0 aliphatic heterocycles. The van der Waals surface area contributed by atoms with Crippen molar-refractivity contribution in [1.82, 2.24) is 19.9 Å². The molecular weight excluding hydrogens is 416 g/mol. The van der Waals surface area contributed by atoms with Crippen LogP contribution in [0.15, 0.2) is 109 Å². The van der Waals surface area contributed by atoms with Crippen LogP contribution in [0, 0.1) is 0 Å². The van der Waals surface area contributed by atoms with E-state index in [0.717, 1.165) is 55.5 Å². The molecule has 7 aromatic rings. The lowest BCUT2D eigenvalue weighted by Crippen LogP contribution is -1.93. The van der Waals surface area contributed by atoms with E-state index in [4.69, 9.17) is 15.0 Å². The average Bonchev–Trinajstić information content (AvgIpc) is 2.91. The van der Waals surface area contributed by atoms with Crippen molar-refractivity contribution in [3.63, 3.8) is 0 Å². The minimum atomic E-state index is 0.813. The van der Waals surface area contributed by atoms with Crippen LogP contribution in [0.2, 0.25) is 0 Å². The van der Waals surface area contributed by atoms with Gasteiger partial charge in [-0.2, -0.15) is 0 Å². The Hall–Kier alpha value is -4.70. The van der Waals surface area contributed by atoms with Crippen molar-refractivity contribution in [2.45, 2.75) is 0 Å². The van der Waals surface area contributed by atoms with Crippen LogP contribution in [0.3, 0.4) is 0 Å². The lowest BCUT2D eigenvalue weighted by atomic mass is 10.1. The van der Waals surface area contributed by atoms with Crippen molar-refractivity contribution >= 4 is 43.5 Å². The number of pyridine rings is 4. The van der Waals surface area contributed by atoms with Crippen LogP contribution in [-0.4, -0.2) is 19.9 Å². The molecule has 34 heavy (non-hydrogen) atoms. The summed E-state index contributed by atoms with van der Waals surface area (Å²) in [5, 5.41) is 5.66. The topological polar surface area (TPSA) is 51.6 Å². The Morgan fingerprint density at radius 2 is 1.00 bits per heavy atom. The molecule has 0 saturated carbocycles. The summed E-state index contributed by atoms with van der Waals surface area (Å²) in [5.74, 6) is 0. The molecule has 7 rings (SSSR count). The van der Waals surface area contributed by atoms with E-state index in [-0.39, 0.29) is 0 Å². The summed E-state index contributed by atoms with van der Waals surface area (Å²) in [6.45, 7) is 0. The van der Waals surface area contributed by atoms with Gasteiger partial charge in [0.2, 0.25) is 0 Å². The molecule has 4 heterocycles. The molecular formula is C30H18N4. The van der Waals surface area contributed by atoms with Crippen LogP contribution in [0.5, 0.6) is 0 Å². The van der Waals surface area contributed by atoms with Crippen molar-refractivity contribution < 1.29 is 0 Å². The highest BCUT2D eigenvalue weighted by Gasteiger charge is 2.10. The summed E-state index contributed by atoms with van der Waals surface area (Å²) < 4.78 is 0. The van der Waals surface area contributed by atoms with Crippen molar-refractivity contribution in [3.05, 3.63) is 109 Å². The molecule has 4 aromatic heterocycles. The molecule has 158 valence electrons. The first-order valence-electron chi connectivity index (χ1n) is 11.2. The van der Waals surface area contributed by atoms with Crippen LogP contribution in [0.1, 0.15) is 0 Å². The van der Waals surface area contributed by atoms with Gasteiger partial charge in [0.25, 0.3) is 0 Å². The second kappa shape index (κ2) is 7.42. The molecule has 0 bridgehead atoms. The van der Waals surface area contributed by atoms with E-state index in [1.54, 1.807) is 0 Å². The second-order valence-corrected chi connectivity index (χ2v) is 8.41.